The van der Waals surface area contributed by atoms with Crippen LogP contribution in [0.3, 0.4) is 0 Å². The van der Waals surface area contributed by atoms with Gasteiger partial charge in [-0.25, -0.2) is 5.43 Å². The molecule has 4 nitrogen and oxygen atoms in total. The number of pyridine rings is 1. The van der Waals surface area contributed by atoms with E-state index in [2.05, 4.69) is 38.5 Å². The van der Waals surface area contributed by atoms with E-state index < -0.39 is 0 Å². The minimum Gasteiger partial charge on any atom is -0.452 e. The second kappa shape index (κ2) is 5.36. The number of aryl methyl sites for hydroxylation is 1. The van der Waals surface area contributed by atoms with E-state index in [0.29, 0.717) is 4.67 Å². The number of nitrogens with two attached hydrogens (primary N) is 1. The number of hydrazine groups is 1. The zero-order chi connectivity index (χ0) is 14.1. The minimum atomic E-state index is -0.188. The average Bonchev–Trinajstić information content (AvgIpc) is 2.86. The average molecular weight is 332 g/mol. The van der Waals surface area contributed by atoms with Gasteiger partial charge in [-0.2, -0.15) is 0 Å². The molecule has 0 amide bonds. The van der Waals surface area contributed by atoms with Crippen molar-refractivity contribution in [2.45, 2.75) is 13.0 Å². The van der Waals surface area contributed by atoms with Crippen molar-refractivity contribution in [3.05, 3.63) is 64.2 Å². The molecule has 2 heterocycles. The molecule has 1 atom stereocenters. The van der Waals surface area contributed by atoms with Crippen LogP contribution in [0.15, 0.2) is 51.6 Å². The first-order chi connectivity index (χ1) is 9.67. The van der Waals surface area contributed by atoms with Crippen molar-refractivity contribution in [1.29, 1.82) is 0 Å². The summed E-state index contributed by atoms with van der Waals surface area (Å²) in [6.45, 7) is 1.98. The third kappa shape index (κ3) is 2.47. The normalized spacial score (nSPS) is 12.8. The Kier molecular flexibility index (Phi) is 3.56. The molecule has 0 spiro atoms. The SMILES string of the molecule is Cc1ccc2cc(C(NN)c3ccc(Br)o3)ccc2n1. The van der Waals surface area contributed by atoms with Crippen molar-refractivity contribution in [1.82, 2.24) is 10.4 Å². The first kappa shape index (κ1) is 13.3. The quantitative estimate of drug-likeness (QED) is 0.570. The van der Waals surface area contributed by atoms with Crippen molar-refractivity contribution < 1.29 is 4.42 Å². The largest absolute Gasteiger partial charge is 0.452 e. The van der Waals surface area contributed by atoms with Crippen LogP contribution in [-0.2, 0) is 0 Å². The molecule has 0 aliphatic rings. The maximum absolute atomic E-state index is 5.67. The Morgan fingerprint density at radius 3 is 2.75 bits per heavy atom. The highest BCUT2D eigenvalue weighted by Crippen LogP contribution is 2.27. The number of nitrogens with zero attached hydrogens (tertiary/aromatic N) is 1. The van der Waals surface area contributed by atoms with Gasteiger partial charge in [0.05, 0.1) is 5.52 Å². The van der Waals surface area contributed by atoms with Gasteiger partial charge in [0, 0.05) is 11.1 Å². The Labute approximate surface area is 125 Å². The molecular weight excluding hydrogens is 318 g/mol. The van der Waals surface area contributed by atoms with E-state index in [1.807, 2.05) is 37.3 Å². The predicted molar refractivity (Wildman–Crippen MR) is 82.1 cm³/mol. The fraction of sp³-hybridized carbons (Fsp3) is 0.133. The number of fused-ring (bicyclic) bond motifs is 1. The van der Waals surface area contributed by atoms with E-state index >= 15 is 0 Å². The highest BCUT2D eigenvalue weighted by Gasteiger charge is 2.16. The molecule has 1 unspecified atom stereocenters. The Morgan fingerprint density at radius 1 is 1.20 bits per heavy atom. The van der Waals surface area contributed by atoms with Gasteiger partial charge in [-0.05, 0) is 58.7 Å². The summed E-state index contributed by atoms with van der Waals surface area (Å²) in [6.07, 6.45) is 0. The zero-order valence-corrected chi connectivity index (χ0v) is 12.5. The number of aromatic nitrogens is 1. The van der Waals surface area contributed by atoms with Crippen molar-refractivity contribution >= 4 is 26.8 Å². The summed E-state index contributed by atoms with van der Waals surface area (Å²) in [5.41, 5.74) is 5.81. The number of halogens is 1. The van der Waals surface area contributed by atoms with E-state index in [0.717, 1.165) is 27.9 Å². The van der Waals surface area contributed by atoms with Crippen LogP contribution in [0.2, 0.25) is 0 Å². The van der Waals surface area contributed by atoms with Gasteiger partial charge >= 0.3 is 0 Å². The Balaban J connectivity index is 2.05. The summed E-state index contributed by atoms with van der Waals surface area (Å²) in [5, 5.41) is 1.08. The summed E-state index contributed by atoms with van der Waals surface area (Å²) < 4.78 is 6.27. The number of hydrogen-bond acceptors (Lipinski definition) is 4. The van der Waals surface area contributed by atoms with E-state index in [4.69, 9.17) is 10.3 Å². The van der Waals surface area contributed by atoms with Crippen LogP contribution in [0.4, 0.5) is 0 Å². The summed E-state index contributed by atoms with van der Waals surface area (Å²) >= 11 is 3.30. The summed E-state index contributed by atoms with van der Waals surface area (Å²) in [5.74, 6) is 6.44. The Morgan fingerprint density at radius 2 is 2.05 bits per heavy atom. The van der Waals surface area contributed by atoms with Gasteiger partial charge in [0.1, 0.15) is 11.8 Å². The summed E-state index contributed by atoms with van der Waals surface area (Å²) in [7, 11) is 0. The van der Waals surface area contributed by atoms with Crippen LogP contribution in [0.25, 0.3) is 10.9 Å². The van der Waals surface area contributed by atoms with Crippen LogP contribution in [-0.4, -0.2) is 4.98 Å². The molecular formula is C15H14BrN3O. The third-order valence-electron chi connectivity index (χ3n) is 3.23. The third-order valence-corrected chi connectivity index (χ3v) is 3.66. The lowest BCUT2D eigenvalue weighted by molar-refractivity contribution is 0.437. The number of nitrogens with one attached hydrogen (secondary N) is 1. The van der Waals surface area contributed by atoms with Crippen molar-refractivity contribution in [3.63, 3.8) is 0 Å². The number of furan rings is 1. The topological polar surface area (TPSA) is 64.1 Å². The monoisotopic (exact) mass is 331 g/mol. The summed E-state index contributed by atoms with van der Waals surface area (Å²) in [6, 6.07) is 13.7. The first-order valence-electron chi connectivity index (χ1n) is 6.26. The highest BCUT2D eigenvalue weighted by atomic mass is 79.9. The van der Waals surface area contributed by atoms with Gasteiger partial charge in [0.15, 0.2) is 4.67 Å². The van der Waals surface area contributed by atoms with Crippen LogP contribution in [0.5, 0.6) is 0 Å². The lowest BCUT2D eigenvalue weighted by Crippen LogP contribution is -2.28. The maximum Gasteiger partial charge on any atom is 0.169 e. The number of rotatable bonds is 3. The minimum absolute atomic E-state index is 0.188. The van der Waals surface area contributed by atoms with E-state index in [1.165, 1.54) is 0 Å². The molecule has 0 saturated heterocycles. The van der Waals surface area contributed by atoms with Crippen LogP contribution < -0.4 is 11.3 Å². The molecule has 0 bridgehead atoms. The molecule has 3 aromatic rings. The fourth-order valence-corrected chi connectivity index (χ4v) is 2.57. The molecule has 0 aliphatic heterocycles. The second-order valence-electron chi connectivity index (χ2n) is 4.65. The molecule has 20 heavy (non-hydrogen) atoms. The van der Waals surface area contributed by atoms with Gasteiger partial charge in [0.2, 0.25) is 0 Å². The van der Waals surface area contributed by atoms with Crippen molar-refractivity contribution in [2.75, 3.05) is 0 Å². The fourth-order valence-electron chi connectivity index (χ4n) is 2.25. The zero-order valence-electron chi connectivity index (χ0n) is 10.9. The number of benzene rings is 1. The smallest absolute Gasteiger partial charge is 0.169 e. The Hall–Kier alpha value is -1.69. The molecule has 0 aliphatic carbocycles. The lowest BCUT2D eigenvalue weighted by Gasteiger charge is -2.14. The highest BCUT2D eigenvalue weighted by molar-refractivity contribution is 9.10. The molecule has 0 radical (unpaired) electrons. The van der Waals surface area contributed by atoms with Crippen molar-refractivity contribution in [3.8, 4) is 0 Å². The second-order valence-corrected chi connectivity index (χ2v) is 5.43. The van der Waals surface area contributed by atoms with Crippen LogP contribution in [0, 0.1) is 6.92 Å². The van der Waals surface area contributed by atoms with Gasteiger partial charge in [-0.3, -0.25) is 10.8 Å². The molecule has 5 heteroatoms. The summed E-state index contributed by atoms with van der Waals surface area (Å²) in [4.78, 5) is 4.50. The van der Waals surface area contributed by atoms with Gasteiger partial charge in [-0.1, -0.05) is 12.1 Å². The molecule has 0 fully saturated rings. The first-order valence-corrected chi connectivity index (χ1v) is 7.05. The molecule has 2 aromatic heterocycles. The molecule has 3 rings (SSSR count). The standard InChI is InChI=1S/C15H14BrN3O/c1-9-2-3-10-8-11(4-5-12(10)18-9)15(19-17)13-6-7-14(16)20-13/h2-8,15,19H,17H2,1H3. The van der Waals surface area contributed by atoms with Gasteiger partial charge < -0.3 is 4.42 Å². The Bertz CT molecular complexity index is 754. The molecule has 102 valence electrons. The van der Waals surface area contributed by atoms with E-state index in [1.54, 1.807) is 0 Å². The maximum atomic E-state index is 5.67. The van der Waals surface area contributed by atoms with Gasteiger partial charge in [-0.15, -0.1) is 0 Å². The molecule has 3 N–H and O–H groups in total. The lowest BCUT2D eigenvalue weighted by atomic mass is 10.0. The molecule has 0 saturated carbocycles. The van der Waals surface area contributed by atoms with Gasteiger partial charge in [0.25, 0.3) is 0 Å². The van der Waals surface area contributed by atoms with Crippen molar-refractivity contribution in [2.24, 2.45) is 5.84 Å². The van der Waals surface area contributed by atoms with E-state index in [9.17, 15) is 0 Å². The van der Waals surface area contributed by atoms with Crippen LogP contribution >= 0.6 is 15.9 Å². The van der Waals surface area contributed by atoms with Crippen LogP contribution in [0.1, 0.15) is 23.1 Å². The number of hydrogen-bond donors (Lipinski definition) is 2. The molecule has 1 aromatic carbocycles. The van der Waals surface area contributed by atoms with E-state index in [-0.39, 0.29) is 6.04 Å². The predicted octanol–water partition coefficient (Wildman–Crippen LogP) is 3.45.